The Morgan fingerprint density at radius 3 is 2.79 bits per heavy atom. The van der Waals surface area contributed by atoms with Crippen molar-refractivity contribution in [3.8, 4) is 0 Å². The highest BCUT2D eigenvalue weighted by atomic mass is 16.1. The summed E-state index contributed by atoms with van der Waals surface area (Å²) in [6, 6.07) is 4.33. The van der Waals surface area contributed by atoms with Gasteiger partial charge in [-0.1, -0.05) is 0 Å². The van der Waals surface area contributed by atoms with E-state index >= 15 is 0 Å². The van der Waals surface area contributed by atoms with Gasteiger partial charge < -0.3 is 4.57 Å². The van der Waals surface area contributed by atoms with Gasteiger partial charge in [-0.25, -0.2) is 0 Å². The van der Waals surface area contributed by atoms with Gasteiger partial charge in [0.05, 0.1) is 12.2 Å². The number of rotatable bonds is 5. The maximum absolute atomic E-state index is 11.9. The highest BCUT2D eigenvalue weighted by molar-refractivity contribution is 5.99. The molecule has 0 saturated heterocycles. The lowest BCUT2D eigenvalue weighted by Gasteiger charge is -2.04. The molecule has 1 aliphatic carbocycles. The quantitative estimate of drug-likeness (QED) is 0.773. The van der Waals surface area contributed by atoms with Gasteiger partial charge in [-0.05, 0) is 38.8 Å². The third kappa shape index (κ3) is 2.62. The number of ketones is 1. The molecule has 19 heavy (non-hydrogen) atoms. The van der Waals surface area contributed by atoms with Crippen LogP contribution in [0.4, 0.5) is 0 Å². The molecule has 100 valence electrons. The molecule has 3 rings (SSSR count). The normalized spacial score (nSPS) is 15.1. The van der Waals surface area contributed by atoms with E-state index in [2.05, 4.69) is 18.9 Å². The molecule has 0 spiro atoms. The fraction of sp³-hybridized carbons (Fsp3) is 0.467. The zero-order valence-corrected chi connectivity index (χ0v) is 11.4. The van der Waals surface area contributed by atoms with Crippen molar-refractivity contribution in [3.63, 3.8) is 0 Å². The molecule has 2 aromatic rings. The maximum Gasteiger partial charge on any atom is 0.167 e. The number of hydrogen-bond donors (Lipinski definition) is 0. The Labute approximate surface area is 113 Å². The van der Waals surface area contributed by atoms with Gasteiger partial charge >= 0.3 is 0 Å². The molecule has 0 aliphatic heterocycles. The van der Waals surface area contributed by atoms with Crippen molar-refractivity contribution >= 4 is 5.78 Å². The minimum atomic E-state index is 0.288. The summed E-state index contributed by atoms with van der Waals surface area (Å²) < 4.78 is 3.98. The summed E-state index contributed by atoms with van der Waals surface area (Å²) in [4.78, 5) is 11.9. The third-order valence-electron chi connectivity index (χ3n) is 3.52. The lowest BCUT2D eigenvalue weighted by atomic mass is 10.1. The molecule has 2 heterocycles. The number of Topliss-reactive ketones (excluding diaryl/α,β-unsaturated/α-hetero) is 1. The smallest absolute Gasteiger partial charge is 0.167 e. The van der Waals surface area contributed by atoms with E-state index in [1.807, 2.05) is 40.0 Å². The second-order valence-electron chi connectivity index (χ2n) is 5.59. The van der Waals surface area contributed by atoms with Crippen LogP contribution in [0.2, 0.25) is 0 Å². The second-order valence-corrected chi connectivity index (χ2v) is 5.59. The number of nitrogens with zero attached hydrogens (tertiary/aromatic N) is 3. The van der Waals surface area contributed by atoms with Gasteiger partial charge in [0.1, 0.15) is 0 Å². The van der Waals surface area contributed by atoms with E-state index in [-0.39, 0.29) is 5.92 Å². The third-order valence-corrected chi connectivity index (χ3v) is 3.52. The Kier molecular flexibility index (Phi) is 3.01. The summed E-state index contributed by atoms with van der Waals surface area (Å²) in [6.45, 7) is 4.94. The molecule has 0 N–H and O–H groups in total. The van der Waals surface area contributed by atoms with Crippen LogP contribution < -0.4 is 0 Å². The minimum absolute atomic E-state index is 0.288. The Balaban J connectivity index is 1.70. The predicted molar refractivity (Wildman–Crippen MR) is 73.2 cm³/mol. The van der Waals surface area contributed by atoms with Crippen LogP contribution in [0.25, 0.3) is 0 Å². The molecule has 2 aromatic heterocycles. The van der Waals surface area contributed by atoms with Crippen LogP contribution in [0.5, 0.6) is 0 Å². The van der Waals surface area contributed by atoms with Gasteiger partial charge in [-0.3, -0.25) is 9.48 Å². The molecule has 4 nitrogen and oxygen atoms in total. The second kappa shape index (κ2) is 4.68. The van der Waals surface area contributed by atoms with Gasteiger partial charge in [0, 0.05) is 36.1 Å². The van der Waals surface area contributed by atoms with E-state index in [1.54, 1.807) is 0 Å². The van der Waals surface area contributed by atoms with Crippen molar-refractivity contribution in [2.75, 3.05) is 0 Å². The summed E-state index contributed by atoms with van der Waals surface area (Å²) in [6.07, 6.45) is 8.02. The SMILES string of the molecule is CC(C)n1ccc(Cn2ccc(C(=O)C3CC3)c2)n1. The van der Waals surface area contributed by atoms with Crippen molar-refractivity contribution in [1.29, 1.82) is 0 Å². The largest absolute Gasteiger partial charge is 0.348 e. The van der Waals surface area contributed by atoms with Crippen LogP contribution in [-0.4, -0.2) is 20.1 Å². The van der Waals surface area contributed by atoms with Crippen LogP contribution in [0.1, 0.15) is 48.8 Å². The molecule has 1 saturated carbocycles. The van der Waals surface area contributed by atoms with E-state index in [9.17, 15) is 4.79 Å². The Morgan fingerprint density at radius 2 is 2.16 bits per heavy atom. The van der Waals surface area contributed by atoms with Crippen LogP contribution in [0.15, 0.2) is 30.7 Å². The first-order valence-electron chi connectivity index (χ1n) is 6.87. The van der Waals surface area contributed by atoms with Crippen LogP contribution >= 0.6 is 0 Å². The summed E-state index contributed by atoms with van der Waals surface area (Å²) in [5, 5.41) is 4.52. The van der Waals surface area contributed by atoms with E-state index in [4.69, 9.17) is 0 Å². The van der Waals surface area contributed by atoms with Gasteiger partial charge in [-0.2, -0.15) is 5.10 Å². The standard InChI is InChI=1S/C15H19N3O/c1-11(2)18-8-6-14(16-18)10-17-7-5-13(9-17)15(19)12-3-4-12/h5-9,11-12H,3-4,10H2,1-2H3. The molecule has 1 aliphatic rings. The highest BCUT2D eigenvalue weighted by Gasteiger charge is 2.30. The fourth-order valence-corrected chi connectivity index (χ4v) is 2.20. The Bertz CT molecular complexity index is 590. The molecule has 0 unspecified atom stereocenters. The molecular formula is C15H19N3O. The molecule has 4 heteroatoms. The molecule has 0 radical (unpaired) electrons. The Morgan fingerprint density at radius 1 is 1.37 bits per heavy atom. The van der Waals surface area contributed by atoms with Gasteiger partial charge in [0.25, 0.3) is 0 Å². The monoisotopic (exact) mass is 257 g/mol. The molecule has 0 amide bonds. The number of hydrogen-bond acceptors (Lipinski definition) is 2. The van der Waals surface area contributed by atoms with E-state index in [0.29, 0.717) is 11.8 Å². The minimum Gasteiger partial charge on any atom is -0.348 e. The zero-order valence-electron chi connectivity index (χ0n) is 11.4. The van der Waals surface area contributed by atoms with Crippen molar-refractivity contribution in [2.24, 2.45) is 5.92 Å². The van der Waals surface area contributed by atoms with Crippen LogP contribution in [0.3, 0.4) is 0 Å². The highest BCUT2D eigenvalue weighted by Crippen LogP contribution is 2.32. The number of aromatic nitrogens is 3. The Hall–Kier alpha value is -1.84. The van der Waals surface area contributed by atoms with Crippen molar-refractivity contribution in [1.82, 2.24) is 14.3 Å². The summed E-state index contributed by atoms with van der Waals surface area (Å²) in [5.41, 5.74) is 1.86. The summed E-state index contributed by atoms with van der Waals surface area (Å²) in [7, 11) is 0. The average molecular weight is 257 g/mol. The maximum atomic E-state index is 11.9. The van der Waals surface area contributed by atoms with Crippen LogP contribution in [-0.2, 0) is 6.54 Å². The van der Waals surface area contributed by atoms with E-state index in [0.717, 1.165) is 30.6 Å². The lowest BCUT2D eigenvalue weighted by molar-refractivity contribution is 0.0967. The molecular weight excluding hydrogens is 238 g/mol. The average Bonchev–Trinajstić information content (AvgIpc) is 2.94. The van der Waals surface area contributed by atoms with Crippen molar-refractivity contribution in [2.45, 2.75) is 39.3 Å². The summed E-state index contributed by atoms with van der Waals surface area (Å²) in [5.74, 6) is 0.586. The topological polar surface area (TPSA) is 39.8 Å². The van der Waals surface area contributed by atoms with Crippen molar-refractivity contribution in [3.05, 3.63) is 42.0 Å². The number of carbonyl (C=O) groups is 1. The van der Waals surface area contributed by atoms with E-state index < -0.39 is 0 Å². The molecule has 1 fully saturated rings. The first-order chi connectivity index (χ1) is 9.13. The molecule has 0 atom stereocenters. The van der Waals surface area contributed by atoms with Crippen LogP contribution in [0, 0.1) is 5.92 Å². The molecule has 0 bridgehead atoms. The van der Waals surface area contributed by atoms with Crippen molar-refractivity contribution < 1.29 is 4.79 Å². The predicted octanol–water partition coefficient (Wildman–Crippen LogP) is 2.91. The lowest BCUT2D eigenvalue weighted by Crippen LogP contribution is -2.04. The first kappa shape index (κ1) is 12.2. The van der Waals surface area contributed by atoms with E-state index in [1.165, 1.54) is 0 Å². The summed E-state index contributed by atoms with van der Waals surface area (Å²) >= 11 is 0. The number of carbonyl (C=O) groups excluding carboxylic acids is 1. The first-order valence-corrected chi connectivity index (χ1v) is 6.87. The molecule has 0 aromatic carbocycles. The fourth-order valence-electron chi connectivity index (χ4n) is 2.20. The van der Waals surface area contributed by atoms with Gasteiger partial charge in [-0.15, -0.1) is 0 Å². The van der Waals surface area contributed by atoms with Gasteiger partial charge in [0.2, 0.25) is 0 Å². The van der Waals surface area contributed by atoms with Gasteiger partial charge in [0.15, 0.2) is 5.78 Å². The zero-order chi connectivity index (χ0) is 13.4.